The number of nitrogen functional groups attached to an aromatic ring is 1. The molecule has 1 aliphatic carbocycles. The average molecular weight is 844 g/mol. The van der Waals surface area contributed by atoms with Crippen molar-refractivity contribution < 1.29 is 47.3 Å². The molecule has 16 heteroatoms. The van der Waals surface area contributed by atoms with Gasteiger partial charge in [0.15, 0.2) is 11.4 Å². The molecule has 1 saturated carbocycles. The molecule has 5 N–H and O–H groups in total. The summed E-state index contributed by atoms with van der Waals surface area (Å²) in [5.74, 6) is -0.382. The fraction of sp³-hybridized carbons (Fsp3) is 0.651. The van der Waals surface area contributed by atoms with Crippen LogP contribution in [0.2, 0.25) is 0 Å². The molecule has 2 fully saturated rings. The van der Waals surface area contributed by atoms with Gasteiger partial charge in [-0.05, 0) is 74.9 Å². The van der Waals surface area contributed by atoms with Gasteiger partial charge in [-0.15, -0.1) is 0 Å². The highest BCUT2D eigenvalue weighted by atomic mass is 31.2. The van der Waals surface area contributed by atoms with E-state index in [4.69, 9.17) is 29.0 Å². The Labute approximate surface area is 347 Å². The Bertz CT molecular complexity index is 1890. The number of phosphoric ester groups is 1. The van der Waals surface area contributed by atoms with Gasteiger partial charge in [0, 0.05) is 6.61 Å². The average Bonchev–Trinajstić information content (AvgIpc) is 3.45. The molecular weight excluding hydrogens is 780 g/mol. The molecule has 3 heterocycles. The van der Waals surface area contributed by atoms with Crippen LogP contribution in [0.1, 0.15) is 133 Å². The molecule has 14 nitrogen and oxygen atoms in total. The van der Waals surface area contributed by atoms with E-state index in [0.29, 0.717) is 23.4 Å². The predicted octanol–water partition coefficient (Wildman–Crippen LogP) is 7.96. The van der Waals surface area contributed by atoms with Crippen molar-refractivity contribution in [2.45, 2.75) is 159 Å². The minimum absolute atomic E-state index is 0.00331. The van der Waals surface area contributed by atoms with Crippen molar-refractivity contribution in [3.8, 4) is 6.07 Å². The van der Waals surface area contributed by atoms with Crippen LogP contribution in [0.25, 0.3) is 5.52 Å². The number of aromatic nitrogens is 3. The first-order valence-corrected chi connectivity index (χ1v) is 22.8. The van der Waals surface area contributed by atoms with Crippen molar-refractivity contribution in [2.75, 3.05) is 25.6 Å². The molecule has 0 amide bonds. The van der Waals surface area contributed by atoms with Crippen molar-refractivity contribution in [3.05, 3.63) is 71.4 Å². The molecule has 0 spiro atoms. The number of unbranched alkanes of at least 4 members (excludes halogenated alkanes) is 14. The van der Waals surface area contributed by atoms with Gasteiger partial charge in [-0.2, -0.15) is 10.4 Å². The van der Waals surface area contributed by atoms with Crippen molar-refractivity contribution in [2.24, 2.45) is 0 Å². The van der Waals surface area contributed by atoms with Crippen LogP contribution in [0.15, 0.2) is 48.8 Å². The van der Waals surface area contributed by atoms with E-state index >= 15 is 0 Å². The Morgan fingerprint density at radius 3 is 2.32 bits per heavy atom. The molecule has 2 unspecified atom stereocenters. The number of halogens is 1. The molecule has 1 aliphatic heterocycles. The fourth-order valence-electron chi connectivity index (χ4n) is 7.76. The summed E-state index contributed by atoms with van der Waals surface area (Å²) < 4.78 is 57.1. The lowest BCUT2D eigenvalue weighted by atomic mass is 9.91. The third-order valence-electron chi connectivity index (χ3n) is 11.2. The number of hydrogen-bond donors (Lipinski definition) is 4. The first kappa shape index (κ1) is 46.8. The number of nitriles is 1. The first-order chi connectivity index (χ1) is 28.4. The molecular formula is C43H63FN5O9P. The fourth-order valence-corrected chi connectivity index (χ4v) is 8.75. The monoisotopic (exact) mass is 843 g/mol. The summed E-state index contributed by atoms with van der Waals surface area (Å²) in [4.78, 5) is 14.6. The maximum atomic E-state index is 14.1. The molecule has 5 rings (SSSR count). The summed E-state index contributed by atoms with van der Waals surface area (Å²) in [5.41, 5.74) is 3.85. The SMILES string of the molecule is CCCCCCCC/C=C\CCCCCCCCCCOC[C@H](COP(=O)(O)OC1[C@H]2O[C@@](C)(c3ccc4c(N)ncnn34)[C@H](O)[C@@]12O)OCc1cc(F)cc(C#N)c1. The van der Waals surface area contributed by atoms with Crippen LogP contribution in [-0.4, -0.2) is 79.5 Å². The highest BCUT2D eigenvalue weighted by Gasteiger charge is 2.82. The summed E-state index contributed by atoms with van der Waals surface area (Å²) in [6.45, 7) is 3.69. The lowest BCUT2D eigenvalue weighted by Gasteiger charge is -2.32. The molecule has 1 aromatic carbocycles. The van der Waals surface area contributed by atoms with Crippen molar-refractivity contribution in [1.29, 1.82) is 5.26 Å². The van der Waals surface area contributed by atoms with E-state index in [1.54, 1.807) is 19.1 Å². The molecule has 0 bridgehead atoms. The highest BCUT2D eigenvalue weighted by Crippen LogP contribution is 2.63. The maximum Gasteiger partial charge on any atom is 0.472 e. The second kappa shape index (κ2) is 22.5. The lowest BCUT2D eigenvalue weighted by molar-refractivity contribution is -0.127. The van der Waals surface area contributed by atoms with Crippen LogP contribution in [-0.2, 0) is 40.0 Å². The molecule has 2 aromatic heterocycles. The van der Waals surface area contributed by atoms with Crippen molar-refractivity contribution in [1.82, 2.24) is 14.6 Å². The highest BCUT2D eigenvalue weighted by molar-refractivity contribution is 7.47. The number of nitrogens with two attached hydrogens (primary N) is 1. The van der Waals surface area contributed by atoms with E-state index in [0.717, 1.165) is 25.3 Å². The smallest absolute Gasteiger partial charge is 0.386 e. The topological polar surface area (TPSA) is 204 Å². The van der Waals surface area contributed by atoms with Crippen molar-refractivity contribution in [3.63, 3.8) is 0 Å². The number of rotatable bonds is 29. The Balaban J connectivity index is 1.01. The number of aliphatic hydroxyl groups is 2. The standard InChI is InChI=1S/C43H63FN5O9P/c1-3-4-5-6-7-8-9-10-11-12-13-14-15-16-17-18-19-20-23-54-29-35(55-28-33-24-32(27-45)25-34(44)26-33)30-56-59(52,53)58-39-38-43(39,51)41(50)42(2,57-38)37-22-21-36-40(46)47-31-48-49(36)37/h10-11,21-22,24-26,31,35,38-39,41,50-51H,3-9,12-20,23,28-30H2,1-2H3,(H,52,53)(H2,46,47,48)/b11-10-/t35-,38-,39?,41+,42+,43+/m1/s1. The summed E-state index contributed by atoms with van der Waals surface area (Å²) in [5, 5.41) is 36.1. The minimum atomic E-state index is -4.84. The van der Waals surface area contributed by atoms with Crippen LogP contribution in [0.4, 0.5) is 10.2 Å². The molecule has 7 atom stereocenters. The van der Waals surface area contributed by atoms with Gasteiger partial charge in [-0.3, -0.25) is 9.05 Å². The number of allylic oxidation sites excluding steroid dienone is 2. The number of fused-ring (bicyclic) bond motifs is 2. The number of anilines is 1. The van der Waals surface area contributed by atoms with E-state index in [1.807, 2.05) is 6.07 Å². The third kappa shape index (κ3) is 12.9. The van der Waals surface area contributed by atoms with Gasteiger partial charge in [0.05, 0.1) is 37.1 Å². The van der Waals surface area contributed by atoms with Crippen LogP contribution in [0.5, 0.6) is 0 Å². The Morgan fingerprint density at radius 1 is 1.02 bits per heavy atom. The minimum Gasteiger partial charge on any atom is -0.386 e. The van der Waals surface area contributed by atoms with Gasteiger partial charge >= 0.3 is 7.82 Å². The number of aliphatic hydroxyl groups excluding tert-OH is 1. The third-order valence-corrected chi connectivity index (χ3v) is 12.2. The Morgan fingerprint density at radius 2 is 1.68 bits per heavy atom. The van der Waals surface area contributed by atoms with Crippen LogP contribution < -0.4 is 5.73 Å². The first-order valence-electron chi connectivity index (χ1n) is 21.3. The van der Waals surface area contributed by atoms with Gasteiger partial charge in [0.2, 0.25) is 0 Å². The maximum absolute atomic E-state index is 14.1. The zero-order valence-corrected chi connectivity index (χ0v) is 35.4. The van der Waals surface area contributed by atoms with E-state index in [2.05, 4.69) is 29.2 Å². The number of nitrogens with zero attached hydrogens (tertiary/aromatic N) is 4. The van der Waals surface area contributed by atoms with E-state index < -0.39 is 55.9 Å². The predicted molar refractivity (Wildman–Crippen MR) is 220 cm³/mol. The molecule has 326 valence electrons. The van der Waals surface area contributed by atoms with Crippen molar-refractivity contribution >= 4 is 19.2 Å². The molecule has 2 aliphatic rings. The zero-order valence-electron chi connectivity index (χ0n) is 34.6. The normalized spacial score (nSPS) is 24.1. The van der Waals surface area contributed by atoms with Crippen LogP contribution in [0.3, 0.4) is 0 Å². The summed E-state index contributed by atoms with van der Waals surface area (Å²) in [6.07, 6.45) is 20.4. The quantitative estimate of drug-likeness (QED) is 0.0298. The summed E-state index contributed by atoms with van der Waals surface area (Å²) >= 11 is 0. The van der Waals surface area contributed by atoms with Gasteiger partial charge in [-0.25, -0.2) is 18.5 Å². The molecule has 3 aromatic rings. The molecule has 0 radical (unpaired) electrons. The summed E-state index contributed by atoms with van der Waals surface area (Å²) in [6, 6.07) is 9.04. The van der Waals surface area contributed by atoms with Gasteiger partial charge < -0.3 is 35.1 Å². The van der Waals surface area contributed by atoms with Gasteiger partial charge in [0.25, 0.3) is 0 Å². The van der Waals surface area contributed by atoms with Gasteiger partial charge in [0.1, 0.15) is 47.7 Å². The number of hydrogen-bond acceptors (Lipinski definition) is 12. The van der Waals surface area contributed by atoms with E-state index in [-0.39, 0.29) is 24.6 Å². The van der Waals surface area contributed by atoms with Crippen LogP contribution >= 0.6 is 7.82 Å². The summed E-state index contributed by atoms with van der Waals surface area (Å²) in [7, 11) is -4.84. The number of ether oxygens (including phenoxy) is 3. The zero-order chi connectivity index (χ0) is 42.3. The molecule has 1 saturated heterocycles. The van der Waals surface area contributed by atoms with E-state index in [9.17, 15) is 29.3 Å². The second-order valence-corrected chi connectivity index (χ2v) is 17.4. The van der Waals surface area contributed by atoms with Gasteiger partial charge in [-0.1, -0.05) is 89.7 Å². The second-order valence-electron chi connectivity index (χ2n) is 16.0. The molecule has 59 heavy (non-hydrogen) atoms. The van der Waals surface area contributed by atoms with E-state index in [1.165, 1.54) is 106 Å². The number of benzene rings is 1. The van der Waals surface area contributed by atoms with Crippen LogP contribution in [0, 0.1) is 17.1 Å². The lowest BCUT2D eigenvalue weighted by Crippen LogP contribution is -2.46. The number of phosphoric acid groups is 1. The Hall–Kier alpha value is -3.29. The Kier molecular flexibility index (Phi) is 17.9. The largest absolute Gasteiger partial charge is 0.472 e.